The topological polar surface area (TPSA) is 38.7 Å². The summed E-state index contributed by atoms with van der Waals surface area (Å²) in [5.74, 6) is -0.138. The molecule has 0 aliphatic heterocycles. The lowest BCUT2D eigenvalue weighted by molar-refractivity contribution is -0.147. The number of esters is 1. The van der Waals surface area contributed by atoms with Crippen LogP contribution in [0.25, 0.3) is 0 Å². The number of hydrogen-bond acceptors (Lipinski definition) is 3. The van der Waals surface area contributed by atoms with E-state index in [0.717, 1.165) is 24.1 Å². The SMILES string of the molecule is CC(CC(=O)OC1CCCC1)=NCc1ccccc1. The number of benzene rings is 1. The summed E-state index contributed by atoms with van der Waals surface area (Å²) in [7, 11) is 0. The van der Waals surface area contributed by atoms with E-state index < -0.39 is 0 Å². The molecule has 102 valence electrons. The molecule has 0 atom stereocenters. The van der Waals surface area contributed by atoms with Crippen LogP contribution in [0.4, 0.5) is 0 Å². The van der Waals surface area contributed by atoms with Gasteiger partial charge in [0.15, 0.2) is 0 Å². The first kappa shape index (κ1) is 13.8. The summed E-state index contributed by atoms with van der Waals surface area (Å²) < 4.78 is 5.41. The lowest BCUT2D eigenvalue weighted by Crippen LogP contribution is -2.16. The van der Waals surface area contributed by atoms with Gasteiger partial charge in [0.25, 0.3) is 0 Å². The molecule has 3 heteroatoms. The molecule has 0 radical (unpaired) electrons. The van der Waals surface area contributed by atoms with Crippen LogP contribution in [0, 0.1) is 0 Å². The molecule has 1 aliphatic carbocycles. The number of aliphatic imine (C=N–C) groups is 1. The first-order valence-corrected chi connectivity index (χ1v) is 6.97. The summed E-state index contributed by atoms with van der Waals surface area (Å²) in [5.41, 5.74) is 2.00. The van der Waals surface area contributed by atoms with Gasteiger partial charge in [-0.15, -0.1) is 0 Å². The van der Waals surface area contributed by atoms with E-state index in [-0.39, 0.29) is 12.1 Å². The highest BCUT2D eigenvalue weighted by atomic mass is 16.5. The summed E-state index contributed by atoms with van der Waals surface area (Å²) in [6, 6.07) is 10.0. The van der Waals surface area contributed by atoms with Crippen molar-refractivity contribution >= 4 is 11.7 Å². The third-order valence-corrected chi connectivity index (χ3v) is 3.37. The van der Waals surface area contributed by atoms with Crippen molar-refractivity contribution in [2.24, 2.45) is 4.99 Å². The summed E-state index contributed by atoms with van der Waals surface area (Å²) in [4.78, 5) is 16.1. The van der Waals surface area contributed by atoms with Crippen molar-refractivity contribution in [3.8, 4) is 0 Å². The van der Waals surface area contributed by atoms with E-state index in [1.54, 1.807) is 0 Å². The van der Waals surface area contributed by atoms with Crippen molar-refractivity contribution < 1.29 is 9.53 Å². The van der Waals surface area contributed by atoms with Gasteiger partial charge >= 0.3 is 5.97 Å². The van der Waals surface area contributed by atoms with Gasteiger partial charge in [0.1, 0.15) is 6.10 Å². The molecule has 0 spiro atoms. The van der Waals surface area contributed by atoms with Gasteiger partial charge in [-0.2, -0.15) is 0 Å². The molecule has 3 nitrogen and oxygen atoms in total. The van der Waals surface area contributed by atoms with Gasteiger partial charge < -0.3 is 4.74 Å². The van der Waals surface area contributed by atoms with Crippen molar-refractivity contribution in [2.75, 3.05) is 0 Å². The van der Waals surface area contributed by atoms with Gasteiger partial charge in [-0.1, -0.05) is 30.3 Å². The quantitative estimate of drug-likeness (QED) is 0.599. The minimum absolute atomic E-state index is 0.138. The number of hydrogen-bond donors (Lipinski definition) is 0. The largest absolute Gasteiger partial charge is 0.462 e. The van der Waals surface area contributed by atoms with E-state index in [4.69, 9.17) is 4.74 Å². The van der Waals surface area contributed by atoms with Crippen LogP contribution in [0.5, 0.6) is 0 Å². The third kappa shape index (κ3) is 4.86. The number of rotatable bonds is 5. The first-order chi connectivity index (χ1) is 9.24. The van der Waals surface area contributed by atoms with Gasteiger partial charge in [-0.05, 0) is 38.2 Å². The van der Waals surface area contributed by atoms with Crippen LogP contribution in [0.3, 0.4) is 0 Å². The normalized spacial score (nSPS) is 16.6. The second-order valence-corrected chi connectivity index (χ2v) is 5.11. The maximum Gasteiger partial charge on any atom is 0.311 e. The van der Waals surface area contributed by atoms with Gasteiger partial charge in [0.2, 0.25) is 0 Å². The van der Waals surface area contributed by atoms with Crippen LogP contribution in [-0.4, -0.2) is 17.8 Å². The molecule has 0 unspecified atom stereocenters. The Balaban J connectivity index is 1.76. The van der Waals surface area contributed by atoms with Gasteiger partial charge in [-0.3, -0.25) is 9.79 Å². The number of nitrogens with zero attached hydrogens (tertiary/aromatic N) is 1. The number of carbonyl (C=O) groups is 1. The fraction of sp³-hybridized carbons (Fsp3) is 0.500. The predicted octanol–water partition coefficient (Wildman–Crippen LogP) is 3.52. The Bertz CT molecular complexity index is 433. The summed E-state index contributed by atoms with van der Waals surface area (Å²) in [5, 5.41) is 0. The highest BCUT2D eigenvalue weighted by molar-refractivity contribution is 5.97. The zero-order chi connectivity index (χ0) is 13.5. The van der Waals surface area contributed by atoms with E-state index >= 15 is 0 Å². The van der Waals surface area contributed by atoms with Crippen LogP contribution in [0.15, 0.2) is 35.3 Å². The second kappa shape index (κ2) is 7.07. The maximum atomic E-state index is 11.7. The zero-order valence-electron chi connectivity index (χ0n) is 11.5. The molecule has 1 aromatic carbocycles. The van der Waals surface area contributed by atoms with E-state index in [1.807, 2.05) is 37.3 Å². The van der Waals surface area contributed by atoms with Crippen molar-refractivity contribution in [3.63, 3.8) is 0 Å². The third-order valence-electron chi connectivity index (χ3n) is 3.37. The lowest BCUT2D eigenvalue weighted by atomic mass is 10.2. The zero-order valence-corrected chi connectivity index (χ0v) is 11.5. The molecular weight excluding hydrogens is 238 g/mol. The monoisotopic (exact) mass is 259 g/mol. The molecule has 2 rings (SSSR count). The van der Waals surface area contributed by atoms with E-state index in [0.29, 0.717) is 13.0 Å². The Morgan fingerprint density at radius 1 is 1.26 bits per heavy atom. The maximum absolute atomic E-state index is 11.7. The Morgan fingerprint density at radius 2 is 1.95 bits per heavy atom. The molecule has 0 saturated heterocycles. The van der Waals surface area contributed by atoms with Crippen molar-refractivity contribution in [1.82, 2.24) is 0 Å². The standard InChI is InChI=1S/C16H21NO2/c1-13(17-12-14-7-3-2-4-8-14)11-16(18)19-15-9-5-6-10-15/h2-4,7-8,15H,5-6,9-12H2,1H3. The smallest absolute Gasteiger partial charge is 0.311 e. The van der Waals surface area contributed by atoms with Crippen molar-refractivity contribution in [3.05, 3.63) is 35.9 Å². The van der Waals surface area contributed by atoms with E-state index in [1.165, 1.54) is 12.8 Å². The van der Waals surface area contributed by atoms with Crippen LogP contribution >= 0.6 is 0 Å². The molecule has 0 bridgehead atoms. The molecular formula is C16H21NO2. The molecule has 0 aromatic heterocycles. The minimum Gasteiger partial charge on any atom is -0.462 e. The molecule has 0 heterocycles. The summed E-state index contributed by atoms with van der Waals surface area (Å²) >= 11 is 0. The molecule has 1 aliphatic rings. The molecule has 1 saturated carbocycles. The average molecular weight is 259 g/mol. The van der Waals surface area contributed by atoms with E-state index in [2.05, 4.69) is 4.99 Å². The highest BCUT2D eigenvalue weighted by Crippen LogP contribution is 2.21. The fourth-order valence-corrected chi connectivity index (χ4v) is 2.31. The van der Waals surface area contributed by atoms with Gasteiger partial charge in [0.05, 0.1) is 13.0 Å². The average Bonchev–Trinajstić information content (AvgIpc) is 2.90. The fourth-order valence-electron chi connectivity index (χ4n) is 2.31. The molecule has 1 fully saturated rings. The van der Waals surface area contributed by atoms with Crippen LogP contribution in [-0.2, 0) is 16.1 Å². The Morgan fingerprint density at radius 3 is 2.63 bits per heavy atom. The van der Waals surface area contributed by atoms with Crippen molar-refractivity contribution in [2.45, 2.75) is 51.7 Å². The van der Waals surface area contributed by atoms with Crippen LogP contribution in [0.2, 0.25) is 0 Å². The Kier molecular flexibility index (Phi) is 5.13. The molecule has 0 N–H and O–H groups in total. The van der Waals surface area contributed by atoms with Crippen molar-refractivity contribution in [1.29, 1.82) is 0 Å². The Hall–Kier alpha value is -1.64. The van der Waals surface area contributed by atoms with Gasteiger partial charge in [-0.25, -0.2) is 0 Å². The molecule has 1 aromatic rings. The lowest BCUT2D eigenvalue weighted by Gasteiger charge is -2.10. The predicted molar refractivity (Wildman–Crippen MR) is 76.2 cm³/mol. The second-order valence-electron chi connectivity index (χ2n) is 5.11. The van der Waals surface area contributed by atoms with Gasteiger partial charge in [0, 0.05) is 5.71 Å². The molecule has 0 amide bonds. The molecule has 19 heavy (non-hydrogen) atoms. The number of ether oxygens (including phenoxy) is 1. The van der Waals surface area contributed by atoms with E-state index in [9.17, 15) is 4.79 Å². The first-order valence-electron chi connectivity index (χ1n) is 6.97. The summed E-state index contributed by atoms with van der Waals surface area (Å²) in [6.45, 7) is 2.52. The van der Waals surface area contributed by atoms with Crippen LogP contribution < -0.4 is 0 Å². The summed E-state index contributed by atoms with van der Waals surface area (Å²) in [6.07, 6.45) is 4.86. The minimum atomic E-state index is -0.138. The highest BCUT2D eigenvalue weighted by Gasteiger charge is 2.19. The number of carbonyl (C=O) groups excluding carboxylic acids is 1. The Labute approximate surface area is 114 Å². The van der Waals surface area contributed by atoms with Crippen LogP contribution in [0.1, 0.15) is 44.6 Å².